The highest BCUT2D eigenvalue weighted by molar-refractivity contribution is 4.98. The molecule has 1 N–H and O–H groups in total. The van der Waals surface area contributed by atoms with Gasteiger partial charge in [0, 0.05) is 31.7 Å². The van der Waals surface area contributed by atoms with Gasteiger partial charge in [-0.25, -0.2) is 0 Å². The van der Waals surface area contributed by atoms with Gasteiger partial charge < -0.3 is 5.32 Å². The molecule has 0 aromatic carbocycles. The molecule has 1 aliphatic heterocycles. The normalized spacial score (nSPS) is 28.4. The highest BCUT2D eigenvalue weighted by atomic mass is 15.2. The summed E-state index contributed by atoms with van der Waals surface area (Å²) >= 11 is 0. The first-order valence-corrected chi connectivity index (χ1v) is 6.71. The maximum atomic E-state index is 3.77. The van der Waals surface area contributed by atoms with Gasteiger partial charge in [0.2, 0.25) is 0 Å². The van der Waals surface area contributed by atoms with Crippen molar-refractivity contribution in [1.82, 2.24) is 10.2 Å². The lowest BCUT2D eigenvalue weighted by Gasteiger charge is -2.42. The maximum Gasteiger partial charge on any atom is 0.0309 e. The number of piperazine rings is 1. The lowest BCUT2D eigenvalue weighted by Crippen LogP contribution is -2.59. The Labute approximate surface area is 94.4 Å². The van der Waals surface area contributed by atoms with Crippen molar-refractivity contribution in [3.05, 3.63) is 0 Å². The van der Waals surface area contributed by atoms with Gasteiger partial charge in [0.15, 0.2) is 0 Å². The number of hydrogen-bond acceptors (Lipinski definition) is 2. The minimum absolute atomic E-state index is 0.506. The molecule has 1 saturated carbocycles. The molecular weight excluding hydrogens is 184 g/mol. The van der Waals surface area contributed by atoms with E-state index in [1.165, 1.54) is 58.3 Å². The fraction of sp³-hybridized carbons (Fsp3) is 1.00. The average Bonchev–Trinajstić information content (AvgIpc) is 2.66. The molecule has 0 radical (unpaired) electrons. The Kier molecular flexibility index (Phi) is 3.68. The van der Waals surface area contributed by atoms with Crippen LogP contribution in [0.1, 0.15) is 46.0 Å². The average molecular weight is 210 g/mol. The number of nitrogens with one attached hydrogen (secondary N) is 1. The van der Waals surface area contributed by atoms with Crippen LogP contribution in [0.25, 0.3) is 0 Å². The SMILES string of the molecule is CCC(C)CN1CCNC2(CCCC2)C1. The fourth-order valence-corrected chi connectivity index (χ4v) is 3.15. The Morgan fingerprint density at radius 1 is 1.33 bits per heavy atom. The minimum atomic E-state index is 0.506. The van der Waals surface area contributed by atoms with Gasteiger partial charge in [-0.1, -0.05) is 33.1 Å². The summed E-state index contributed by atoms with van der Waals surface area (Å²) in [6.07, 6.45) is 7.00. The summed E-state index contributed by atoms with van der Waals surface area (Å²) in [4.78, 5) is 2.69. The molecular formula is C13H26N2. The van der Waals surface area contributed by atoms with E-state index in [0.717, 1.165) is 5.92 Å². The van der Waals surface area contributed by atoms with Gasteiger partial charge in [0.1, 0.15) is 0 Å². The van der Waals surface area contributed by atoms with Crippen LogP contribution in [0.3, 0.4) is 0 Å². The molecule has 1 unspecified atom stereocenters. The highest BCUT2D eigenvalue weighted by Crippen LogP contribution is 2.32. The first-order chi connectivity index (χ1) is 7.24. The summed E-state index contributed by atoms with van der Waals surface area (Å²) in [5, 5.41) is 3.77. The summed E-state index contributed by atoms with van der Waals surface area (Å²) in [5.74, 6) is 0.863. The summed E-state index contributed by atoms with van der Waals surface area (Å²) in [6.45, 7) is 9.75. The lowest BCUT2D eigenvalue weighted by atomic mass is 9.94. The van der Waals surface area contributed by atoms with E-state index in [1.807, 2.05) is 0 Å². The van der Waals surface area contributed by atoms with Crippen molar-refractivity contribution >= 4 is 0 Å². The summed E-state index contributed by atoms with van der Waals surface area (Å²) in [7, 11) is 0. The molecule has 0 aromatic heterocycles. The van der Waals surface area contributed by atoms with Gasteiger partial charge in [-0.05, 0) is 18.8 Å². The first kappa shape index (κ1) is 11.4. The Morgan fingerprint density at radius 3 is 2.73 bits per heavy atom. The topological polar surface area (TPSA) is 15.3 Å². The third-order valence-corrected chi connectivity index (χ3v) is 4.28. The first-order valence-electron chi connectivity index (χ1n) is 6.71. The Hall–Kier alpha value is -0.0800. The van der Waals surface area contributed by atoms with Crippen LogP contribution in [-0.4, -0.2) is 36.6 Å². The van der Waals surface area contributed by atoms with E-state index in [-0.39, 0.29) is 0 Å². The van der Waals surface area contributed by atoms with Gasteiger partial charge in [0.05, 0.1) is 0 Å². The predicted molar refractivity (Wildman–Crippen MR) is 65.1 cm³/mol. The molecule has 1 heterocycles. The smallest absolute Gasteiger partial charge is 0.0309 e. The zero-order valence-electron chi connectivity index (χ0n) is 10.4. The predicted octanol–water partition coefficient (Wildman–Crippen LogP) is 2.25. The van der Waals surface area contributed by atoms with Crippen molar-refractivity contribution in [3.63, 3.8) is 0 Å². The van der Waals surface area contributed by atoms with Gasteiger partial charge in [-0.2, -0.15) is 0 Å². The number of hydrogen-bond donors (Lipinski definition) is 1. The third kappa shape index (κ3) is 2.73. The van der Waals surface area contributed by atoms with Crippen LogP contribution in [0.5, 0.6) is 0 Å². The molecule has 2 heteroatoms. The van der Waals surface area contributed by atoms with Crippen molar-refractivity contribution in [2.45, 2.75) is 51.5 Å². The number of rotatable bonds is 3. The largest absolute Gasteiger partial charge is 0.309 e. The van der Waals surface area contributed by atoms with Crippen molar-refractivity contribution in [2.75, 3.05) is 26.2 Å². The molecule has 1 saturated heterocycles. The second-order valence-corrected chi connectivity index (χ2v) is 5.66. The Bertz CT molecular complexity index is 197. The van der Waals surface area contributed by atoms with Crippen molar-refractivity contribution in [1.29, 1.82) is 0 Å². The standard InChI is InChI=1S/C13H26N2/c1-3-12(2)10-15-9-8-14-13(11-15)6-4-5-7-13/h12,14H,3-11H2,1-2H3. The van der Waals surface area contributed by atoms with Crippen LogP contribution in [0.2, 0.25) is 0 Å². The number of nitrogens with zero attached hydrogens (tertiary/aromatic N) is 1. The van der Waals surface area contributed by atoms with E-state index >= 15 is 0 Å². The maximum absolute atomic E-state index is 3.77. The molecule has 1 spiro atoms. The molecule has 1 atom stereocenters. The van der Waals surface area contributed by atoms with Crippen molar-refractivity contribution < 1.29 is 0 Å². The van der Waals surface area contributed by atoms with Crippen LogP contribution in [0.4, 0.5) is 0 Å². The van der Waals surface area contributed by atoms with Crippen molar-refractivity contribution in [2.24, 2.45) is 5.92 Å². The molecule has 2 fully saturated rings. The molecule has 0 bridgehead atoms. The molecule has 88 valence electrons. The van der Waals surface area contributed by atoms with E-state index in [1.54, 1.807) is 0 Å². The van der Waals surface area contributed by atoms with Crippen LogP contribution in [-0.2, 0) is 0 Å². The fourth-order valence-electron chi connectivity index (χ4n) is 3.15. The van der Waals surface area contributed by atoms with Gasteiger partial charge in [-0.3, -0.25) is 4.90 Å². The minimum Gasteiger partial charge on any atom is -0.309 e. The zero-order valence-corrected chi connectivity index (χ0v) is 10.4. The second-order valence-electron chi connectivity index (χ2n) is 5.66. The van der Waals surface area contributed by atoms with Crippen molar-refractivity contribution in [3.8, 4) is 0 Å². The van der Waals surface area contributed by atoms with E-state index in [2.05, 4.69) is 24.1 Å². The van der Waals surface area contributed by atoms with Crippen LogP contribution in [0, 0.1) is 5.92 Å². The van der Waals surface area contributed by atoms with Gasteiger partial charge >= 0.3 is 0 Å². The highest BCUT2D eigenvalue weighted by Gasteiger charge is 2.37. The van der Waals surface area contributed by atoms with E-state index < -0.39 is 0 Å². The Morgan fingerprint density at radius 2 is 2.07 bits per heavy atom. The summed E-state index contributed by atoms with van der Waals surface area (Å²) in [6, 6.07) is 0. The van der Waals surface area contributed by atoms with E-state index in [9.17, 15) is 0 Å². The van der Waals surface area contributed by atoms with E-state index in [0.29, 0.717) is 5.54 Å². The summed E-state index contributed by atoms with van der Waals surface area (Å²) in [5.41, 5.74) is 0.506. The second kappa shape index (κ2) is 4.84. The summed E-state index contributed by atoms with van der Waals surface area (Å²) < 4.78 is 0. The van der Waals surface area contributed by atoms with Crippen LogP contribution < -0.4 is 5.32 Å². The molecule has 0 aromatic rings. The molecule has 0 amide bonds. The zero-order chi connectivity index (χ0) is 10.7. The van der Waals surface area contributed by atoms with Crippen LogP contribution in [0.15, 0.2) is 0 Å². The quantitative estimate of drug-likeness (QED) is 0.768. The van der Waals surface area contributed by atoms with Crippen LogP contribution >= 0.6 is 0 Å². The molecule has 2 nitrogen and oxygen atoms in total. The third-order valence-electron chi connectivity index (χ3n) is 4.28. The molecule has 1 aliphatic carbocycles. The molecule has 2 aliphatic rings. The van der Waals surface area contributed by atoms with Gasteiger partial charge in [-0.15, -0.1) is 0 Å². The monoisotopic (exact) mass is 210 g/mol. The van der Waals surface area contributed by atoms with Gasteiger partial charge in [0.25, 0.3) is 0 Å². The lowest BCUT2D eigenvalue weighted by molar-refractivity contribution is 0.120. The Balaban J connectivity index is 1.86. The molecule has 2 rings (SSSR count). The van der Waals surface area contributed by atoms with E-state index in [4.69, 9.17) is 0 Å². The molecule has 15 heavy (non-hydrogen) atoms.